The van der Waals surface area contributed by atoms with Crippen molar-refractivity contribution in [2.45, 2.75) is 6.42 Å². The zero-order valence-electron chi connectivity index (χ0n) is 9.15. The van der Waals surface area contributed by atoms with Crippen molar-refractivity contribution in [3.8, 4) is 0 Å². The van der Waals surface area contributed by atoms with E-state index < -0.39 is 0 Å². The summed E-state index contributed by atoms with van der Waals surface area (Å²) >= 11 is 0. The van der Waals surface area contributed by atoms with Crippen LogP contribution in [0.2, 0.25) is 0 Å². The summed E-state index contributed by atoms with van der Waals surface area (Å²) in [5.41, 5.74) is 2.11. The van der Waals surface area contributed by atoms with Crippen LogP contribution in [0, 0.1) is 5.82 Å². The van der Waals surface area contributed by atoms with Crippen LogP contribution in [-0.2, 0) is 13.5 Å². The predicted octanol–water partition coefficient (Wildman–Crippen LogP) is 2.21. The highest BCUT2D eigenvalue weighted by Gasteiger charge is 1.98. The maximum atomic E-state index is 12.6. The summed E-state index contributed by atoms with van der Waals surface area (Å²) in [6, 6.07) is 8.36. The lowest BCUT2D eigenvalue weighted by Gasteiger charge is -2.06. The minimum absolute atomic E-state index is 0.211. The molecule has 0 aliphatic heterocycles. The summed E-state index contributed by atoms with van der Waals surface area (Å²) in [6.07, 6.45) is 2.68. The van der Waals surface area contributed by atoms with Crippen LogP contribution in [0.3, 0.4) is 0 Å². The molecule has 16 heavy (non-hydrogen) atoms. The summed E-state index contributed by atoms with van der Waals surface area (Å²) in [5, 5.41) is 7.32. The number of aromatic nitrogens is 2. The molecule has 4 heteroatoms. The largest absolute Gasteiger partial charge is 0.385 e. The van der Waals surface area contributed by atoms with E-state index in [4.69, 9.17) is 0 Å². The van der Waals surface area contributed by atoms with E-state index in [1.54, 1.807) is 18.3 Å². The van der Waals surface area contributed by atoms with Gasteiger partial charge in [-0.2, -0.15) is 5.10 Å². The van der Waals surface area contributed by atoms with Gasteiger partial charge in [0.15, 0.2) is 0 Å². The van der Waals surface area contributed by atoms with Gasteiger partial charge >= 0.3 is 0 Å². The average molecular weight is 219 g/mol. The van der Waals surface area contributed by atoms with E-state index in [1.165, 1.54) is 17.8 Å². The van der Waals surface area contributed by atoms with Crippen LogP contribution in [-0.4, -0.2) is 16.3 Å². The SMILES string of the molecule is Cn1nccc1CCNc1ccc(F)cc1. The van der Waals surface area contributed by atoms with Gasteiger partial charge in [0, 0.05) is 37.6 Å². The first-order valence-electron chi connectivity index (χ1n) is 5.22. The number of aryl methyl sites for hydroxylation is 1. The number of anilines is 1. The maximum absolute atomic E-state index is 12.6. The van der Waals surface area contributed by atoms with Gasteiger partial charge in [0.05, 0.1) is 0 Å². The molecule has 0 amide bonds. The van der Waals surface area contributed by atoms with Gasteiger partial charge in [-0.25, -0.2) is 4.39 Å². The first-order valence-corrected chi connectivity index (χ1v) is 5.22. The monoisotopic (exact) mass is 219 g/mol. The van der Waals surface area contributed by atoms with Crippen molar-refractivity contribution in [3.05, 3.63) is 48.0 Å². The topological polar surface area (TPSA) is 29.9 Å². The Bertz CT molecular complexity index is 448. The van der Waals surface area contributed by atoms with Gasteiger partial charge < -0.3 is 5.32 Å². The Hall–Kier alpha value is -1.84. The molecule has 1 N–H and O–H groups in total. The van der Waals surface area contributed by atoms with Crippen molar-refractivity contribution in [2.24, 2.45) is 7.05 Å². The van der Waals surface area contributed by atoms with Crippen LogP contribution >= 0.6 is 0 Å². The molecular formula is C12H14FN3. The molecular weight excluding hydrogens is 205 g/mol. The molecule has 0 unspecified atom stereocenters. The van der Waals surface area contributed by atoms with Crippen LogP contribution in [0.5, 0.6) is 0 Å². The van der Waals surface area contributed by atoms with E-state index in [2.05, 4.69) is 10.4 Å². The number of nitrogens with zero attached hydrogens (tertiary/aromatic N) is 2. The lowest BCUT2D eigenvalue weighted by Crippen LogP contribution is -2.08. The minimum atomic E-state index is -0.211. The first-order chi connectivity index (χ1) is 7.75. The summed E-state index contributed by atoms with van der Waals surface area (Å²) in [7, 11) is 1.92. The molecule has 0 radical (unpaired) electrons. The molecule has 84 valence electrons. The third-order valence-electron chi connectivity index (χ3n) is 2.48. The third-order valence-corrected chi connectivity index (χ3v) is 2.48. The van der Waals surface area contributed by atoms with Gasteiger partial charge in [-0.1, -0.05) is 0 Å². The van der Waals surface area contributed by atoms with Crippen LogP contribution in [0.4, 0.5) is 10.1 Å². The van der Waals surface area contributed by atoms with Crippen molar-refractivity contribution < 1.29 is 4.39 Å². The van der Waals surface area contributed by atoms with Gasteiger partial charge in [-0.3, -0.25) is 4.68 Å². The van der Waals surface area contributed by atoms with Crippen LogP contribution in [0.25, 0.3) is 0 Å². The Morgan fingerprint density at radius 3 is 2.62 bits per heavy atom. The van der Waals surface area contributed by atoms with Crippen molar-refractivity contribution in [1.82, 2.24) is 9.78 Å². The predicted molar refractivity (Wildman–Crippen MR) is 61.8 cm³/mol. The van der Waals surface area contributed by atoms with E-state index in [9.17, 15) is 4.39 Å². The number of hydrogen-bond acceptors (Lipinski definition) is 2. The van der Waals surface area contributed by atoms with Gasteiger partial charge in [0.2, 0.25) is 0 Å². The molecule has 0 spiro atoms. The molecule has 0 aliphatic carbocycles. The third kappa shape index (κ3) is 2.59. The van der Waals surface area contributed by atoms with Gasteiger partial charge in [0.25, 0.3) is 0 Å². The molecule has 1 aromatic heterocycles. The van der Waals surface area contributed by atoms with Crippen LogP contribution in [0.1, 0.15) is 5.69 Å². The number of rotatable bonds is 4. The lowest BCUT2D eigenvalue weighted by atomic mass is 10.2. The second kappa shape index (κ2) is 4.79. The fraction of sp³-hybridized carbons (Fsp3) is 0.250. The number of benzene rings is 1. The van der Waals surface area contributed by atoms with E-state index in [1.807, 2.05) is 17.8 Å². The summed E-state index contributed by atoms with van der Waals surface area (Å²) < 4.78 is 14.5. The summed E-state index contributed by atoms with van der Waals surface area (Å²) in [4.78, 5) is 0. The average Bonchev–Trinajstić information content (AvgIpc) is 2.68. The fourth-order valence-electron chi connectivity index (χ4n) is 1.55. The number of nitrogens with one attached hydrogen (secondary N) is 1. The Kier molecular flexibility index (Phi) is 3.19. The molecule has 0 fully saturated rings. The molecule has 3 nitrogen and oxygen atoms in total. The van der Waals surface area contributed by atoms with Crippen molar-refractivity contribution in [2.75, 3.05) is 11.9 Å². The molecule has 0 atom stereocenters. The number of hydrogen-bond donors (Lipinski definition) is 1. The Morgan fingerprint density at radius 2 is 2.00 bits per heavy atom. The molecule has 0 saturated carbocycles. The standard InChI is InChI=1S/C12H14FN3/c1-16-12(7-9-15-16)6-8-14-11-4-2-10(13)3-5-11/h2-5,7,9,14H,6,8H2,1H3. The first kappa shape index (κ1) is 10.7. The van der Waals surface area contributed by atoms with Gasteiger partial charge in [-0.15, -0.1) is 0 Å². The second-order valence-corrected chi connectivity index (χ2v) is 3.63. The fourth-order valence-corrected chi connectivity index (χ4v) is 1.55. The quantitative estimate of drug-likeness (QED) is 0.854. The zero-order valence-corrected chi connectivity index (χ0v) is 9.15. The van der Waals surface area contributed by atoms with Crippen molar-refractivity contribution >= 4 is 5.69 Å². The molecule has 0 saturated heterocycles. The Labute approximate surface area is 93.9 Å². The molecule has 0 aliphatic rings. The minimum Gasteiger partial charge on any atom is -0.385 e. The molecule has 2 aromatic rings. The molecule has 1 heterocycles. The maximum Gasteiger partial charge on any atom is 0.123 e. The van der Waals surface area contributed by atoms with Crippen LogP contribution in [0.15, 0.2) is 36.5 Å². The van der Waals surface area contributed by atoms with Crippen molar-refractivity contribution in [3.63, 3.8) is 0 Å². The van der Waals surface area contributed by atoms with E-state index >= 15 is 0 Å². The van der Waals surface area contributed by atoms with E-state index in [0.717, 1.165) is 18.7 Å². The highest BCUT2D eigenvalue weighted by molar-refractivity contribution is 5.42. The van der Waals surface area contributed by atoms with Crippen molar-refractivity contribution in [1.29, 1.82) is 0 Å². The summed E-state index contributed by atoms with van der Waals surface area (Å²) in [5.74, 6) is -0.211. The lowest BCUT2D eigenvalue weighted by molar-refractivity contribution is 0.628. The normalized spacial score (nSPS) is 10.4. The summed E-state index contributed by atoms with van der Waals surface area (Å²) in [6.45, 7) is 0.811. The highest BCUT2D eigenvalue weighted by Crippen LogP contribution is 2.08. The van der Waals surface area contributed by atoms with E-state index in [-0.39, 0.29) is 5.82 Å². The highest BCUT2D eigenvalue weighted by atomic mass is 19.1. The Morgan fingerprint density at radius 1 is 1.25 bits per heavy atom. The Balaban J connectivity index is 1.84. The second-order valence-electron chi connectivity index (χ2n) is 3.63. The molecule has 0 bridgehead atoms. The van der Waals surface area contributed by atoms with Gasteiger partial charge in [-0.05, 0) is 30.3 Å². The van der Waals surface area contributed by atoms with Crippen LogP contribution < -0.4 is 5.32 Å². The van der Waals surface area contributed by atoms with E-state index in [0.29, 0.717) is 0 Å². The zero-order chi connectivity index (χ0) is 11.4. The number of halogens is 1. The molecule has 1 aromatic carbocycles. The van der Waals surface area contributed by atoms with Gasteiger partial charge in [0.1, 0.15) is 5.82 Å². The smallest absolute Gasteiger partial charge is 0.123 e. The molecule has 2 rings (SSSR count).